The van der Waals surface area contributed by atoms with Gasteiger partial charge in [-0.05, 0) is 43.2 Å². The van der Waals surface area contributed by atoms with Crippen molar-refractivity contribution >= 4 is 0 Å². The van der Waals surface area contributed by atoms with Crippen molar-refractivity contribution in [3.8, 4) is 0 Å². The number of hydrogen-bond donors (Lipinski definition) is 1. The first-order valence-corrected chi connectivity index (χ1v) is 5.33. The summed E-state index contributed by atoms with van der Waals surface area (Å²) in [5.74, 6) is 3.56. The second-order valence-corrected chi connectivity index (χ2v) is 4.74. The van der Waals surface area contributed by atoms with Crippen molar-refractivity contribution in [2.24, 2.45) is 23.7 Å². The zero-order valence-electron chi connectivity index (χ0n) is 8.93. The van der Waals surface area contributed by atoms with E-state index in [1.165, 1.54) is 19.5 Å². The van der Waals surface area contributed by atoms with Crippen LogP contribution in [0.25, 0.3) is 0 Å². The second-order valence-electron chi connectivity index (χ2n) is 4.74. The number of nitrogens with one attached hydrogen (secondary N) is 1. The molecule has 0 saturated carbocycles. The van der Waals surface area contributed by atoms with Crippen molar-refractivity contribution in [1.82, 2.24) is 5.32 Å². The van der Waals surface area contributed by atoms with Crippen LogP contribution in [0.15, 0.2) is 0 Å². The van der Waals surface area contributed by atoms with Gasteiger partial charge in [0.25, 0.3) is 0 Å². The molecule has 0 aromatic heterocycles. The molecule has 0 aromatic rings. The Labute approximate surface area is 76.9 Å². The fourth-order valence-corrected chi connectivity index (χ4v) is 2.31. The highest BCUT2D eigenvalue weighted by molar-refractivity contribution is 4.79. The van der Waals surface area contributed by atoms with Gasteiger partial charge in [-0.25, -0.2) is 0 Å². The average Bonchev–Trinajstić information content (AvgIpc) is 2.04. The predicted octanol–water partition coefficient (Wildman–Crippen LogP) is 2.52. The van der Waals surface area contributed by atoms with Gasteiger partial charge in [-0.1, -0.05) is 27.7 Å². The zero-order chi connectivity index (χ0) is 9.14. The van der Waals surface area contributed by atoms with Crippen LogP contribution < -0.4 is 5.32 Å². The van der Waals surface area contributed by atoms with Crippen LogP contribution in [0, 0.1) is 23.7 Å². The predicted molar refractivity (Wildman–Crippen MR) is 54.1 cm³/mol. The third kappa shape index (κ3) is 2.22. The topological polar surface area (TPSA) is 12.0 Å². The zero-order valence-corrected chi connectivity index (χ0v) is 8.93. The Morgan fingerprint density at radius 3 is 2.42 bits per heavy atom. The lowest BCUT2D eigenvalue weighted by molar-refractivity contribution is 0.162. The fraction of sp³-hybridized carbons (Fsp3) is 1.00. The van der Waals surface area contributed by atoms with Gasteiger partial charge in [0, 0.05) is 0 Å². The molecule has 1 heterocycles. The number of piperidine rings is 1. The molecule has 1 rings (SSSR count). The van der Waals surface area contributed by atoms with Crippen LogP contribution in [-0.2, 0) is 0 Å². The summed E-state index contributed by atoms with van der Waals surface area (Å²) in [4.78, 5) is 0. The molecule has 3 unspecified atom stereocenters. The molecule has 0 spiro atoms. The Hall–Kier alpha value is -0.0400. The van der Waals surface area contributed by atoms with E-state index in [2.05, 4.69) is 33.0 Å². The quantitative estimate of drug-likeness (QED) is 0.670. The van der Waals surface area contributed by atoms with E-state index >= 15 is 0 Å². The number of rotatable bonds is 2. The van der Waals surface area contributed by atoms with Gasteiger partial charge in [0.15, 0.2) is 0 Å². The SMILES string of the molecule is CC(C)C(C)C1CCNCC1C. The Balaban J connectivity index is 2.47. The van der Waals surface area contributed by atoms with Gasteiger partial charge in [0.1, 0.15) is 0 Å². The van der Waals surface area contributed by atoms with Crippen LogP contribution in [0.2, 0.25) is 0 Å². The van der Waals surface area contributed by atoms with Crippen molar-refractivity contribution in [3.05, 3.63) is 0 Å². The minimum atomic E-state index is 0.843. The molecule has 12 heavy (non-hydrogen) atoms. The second kappa shape index (κ2) is 4.27. The summed E-state index contributed by atoms with van der Waals surface area (Å²) >= 11 is 0. The summed E-state index contributed by atoms with van der Waals surface area (Å²) in [6.45, 7) is 11.9. The van der Waals surface area contributed by atoms with E-state index in [1.54, 1.807) is 0 Å². The van der Waals surface area contributed by atoms with Crippen LogP contribution in [0.3, 0.4) is 0 Å². The third-order valence-corrected chi connectivity index (χ3v) is 3.58. The minimum absolute atomic E-state index is 0.843. The van der Waals surface area contributed by atoms with E-state index in [9.17, 15) is 0 Å². The minimum Gasteiger partial charge on any atom is -0.316 e. The highest BCUT2D eigenvalue weighted by atomic mass is 14.9. The molecule has 1 fully saturated rings. The molecule has 1 nitrogen and oxygen atoms in total. The molecule has 0 bridgehead atoms. The van der Waals surface area contributed by atoms with E-state index in [1.807, 2.05) is 0 Å². The monoisotopic (exact) mass is 169 g/mol. The Morgan fingerprint density at radius 1 is 1.25 bits per heavy atom. The van der Waals surface area contributed by atoms with Crippen LogP contribution in [-0.4, -0.2) is 13.1 Å². The van der Waals surface area contributed by atoms with E-state index in [-0.39, 0.29) is 0 Å². The van der Waals surface area contributed by atoms with E-state index in [4.69, 9.17) is 0 Å². The molecular formula is C11H23N. The van der Waals surface area contributed by atoms with E-state index in [0.717, 1.165) is 23.7 Å². The third-order valence-electron chi connectivity index (χ3n) is 3.58. The van der Waals surface area contributed by atoms with Crippen LogP contribution in [0.1, 0.15) is 34.1 Å². The van der Waals surface area contributed by atoms with Gasteiger partial charge >= 0.3 is 0 Å². The number of hydrogen-bond acceptors (Lipinski definition) is 1. The van der Waals surface area contributed by atoms with Gasteiger partial charge in [0.2, 0.25) is 0 Å². The fourth-order valence-electron chi connectivity index (χ4n) is 2.31. The maximum atomic E-state index is 3.46. The molecule has 1 aliphatic rings. The molecule has 1 aliphatic heterocycles. The smallest absolute Gasteiger partial charge is 0.00204 e. The molecule has 3 atom stereocenters. The van der Waals surface area contributed by atoms with Crippen molar-refractivity contribution in [2.45, 2.75) is 34.1 Å². The molecule has 1 N–H and O–H groups in total. The Kier molecular flexibility index (Phi) is 3.57. The van der Waals surface area contributed by atoms with E-state index in [0.29, 0.717) is 0 Å². The lowest BCUT2D eigenvalue weighted by atomic mass is 9.74. The lowest BCUT2D eigenvalue weighted by Gasteiger charge is -2.36. The van der Waals surface area contributed by atoms with Gasteiger partial charge in [-0.3, -0.25) is 0 Å². The molecule has 0 amide bonds. The normalized spacial score (nSPS) is 33.8. The van der Waals surface area contributed by atoms with Gasteiger partial charge in [-0.2, -0.15) is 0 Å². The molecule has 0 radical (unpaired) electrons. The van der Waals surface area contributed by atoms with Crippen molar-refractivity contribution in [3.63, 3.8) is 0 Å². The maximum Gasteiger partial charge on any atom is -0.00204 e. The molecular weight excluding hydrogens is 146 g/mol. The summed E-state index contributed by atoms with van der Waals surface area (Å²) in [6, 6.07) is 0. The summed E-state index contributed by atoms with van der Waals surface area (Å²) in [5.41, 5.74) is 0. The largest absolute Gasteiger partial charge is 0.316 e. The van der Waals surface area contributed by atoms with Crippen molar-refractivity contribution in [1.29, 1.82) is 0 Å². The van der Waals surface area contributed by atoms with Gasteiger partial charge in [-0.15, -0.1) is 0 Å². The summed E-state index contributed by atoms with van der Waals surface area (Å²) in [5, 5.41) is 3.46. The highest BCUT2D eigenvalue weighted by Gasteiger charge is 2.27. The Bertz CT molecular complexity index is 131. The van der Waals surface area contributed by atoms with Crippen LogP contribution in [0.5, 0.6) is 0 Å². The van der Waals surface area contributed by atoms with Gasteiger partial charge < -0.3 is 5.32 Å². The van der Waals surface area contributed by atoms with Crippen LogP contribution in [0.4, 0.5) is 0 Å². The molecule has 0 aromatic carbocycles. The van der Waals surface area contributed by atoms with Gasteiger partial charge in [0.05, 0.1) is 0 Å². The molecule has 0 aliphatic carbocycles. The summed E-state index contributed by atoms with van der Waals surface area (Å²) in [7, 11) is 0. The maximum absolute atomic E-state index is 3.46. The summed E-state index contributed by atoms with van der Waals surface area (Å²) in [6.07, 6.45) is 1.38. The van der Waals surface area contributed by atoms with Crippen molar-refractivity contribution < 1.29 is 0 Å². The van der Waals surface area contributed by atoms with Crippen molar-refractivity contribution in [2.75, 3.05) is 13.1 Å². The standard InChI is InChI=1S/C11H23N/c1-8(2)10(4)11-5-6-12-7-9(11)3/h8-12H,5-7H2,1-4H3. The van der Waals surface area contributed by atoms with E-state index < -0.39 is 0 Å². The first-order chi connectivity index (χ1) is 5.63. The highest BCUT2D eigenvalue weighted by Crippen LogP contribution is 2.31. The molecule has 72 valence electrons. The summed E-state index contributed by atoms with van der Waals surface area (Å²) < 4.78 is 0. The average molecular weight is 169 g/mol. The molecule has 1 saturated heterocycles. The first kappa shape index (κ1) is 10.0. The lowest BCUT2D eigenvalue weighted by Crippen LogP contribution is -2.38. The Morgan fingerprint density at radius 2 is 1.92 bits per heavy atom. The molecule has 1 heteroatoms. The first-order valence-electron chi connectivity index (χ1n) is 5.33. The van der Waals surface area contributed by atoms with Crippen LogP contribution >= 0.6 is 0 Å².